The first-order chi connectivity index (χ1) is 35.3. The highest BCUT2D eigenvalue weighted by molar-refractivity contribution is 6.00. The zero-order chi connectivity index (χ0) is 52.2. The number of aromatic nitrogens is 3. The van der Waals surface area contributed by atoms with Gasteiger partial charge in [-0.1, -0.05) is 38.3 Å². The molecule has 1 saturated heterocycles. The van der Waals surface area contributed by atoms with Gasteiger partial charge in [0.1, 0.15) is 6.04 Å². The number of allylic oxidation sites excluding steroid dienone is 3. The van der Waals surface area contributed by atoms with Crippen LogP contribution < -0.4 is 5.32 Å². The lowest BCUT2D eigenvalue weighted by Crippen LogP contribution is -2.66. The van der Waals surface area contributed by atoms with Gasteiger partial charge in [-0.2, -0.15) is 0 Å². The number of nitrogens with one attached hydrogen (secondary N) is 3. The van der Waals surface area contributed by atoms with Crippen molar-refractivity contribution in [1.29, 1.82) is 0 Å². The van der Waals surface area contributed by atoms with Gasteiger partial charge in [0.2, 0.25) is 0 Å². The lowest BCUT2D eigenvalue weighted by Gasteiger charge is -2.62. The maximum absolute atomic E-state index is 15.4. The molecule has 3 aromatic rings. The summed E-state index contributed by atoms with van der Waals surface area (Å²) in [5.41, 5.74) is -1.83. The molecule has 4 heterocycles. The van der Waals surface area contributed by atoms with Crippen LogP contribution in [0.15, 0.2) is 66.0 Å². The zero-order valence-electron chi connectivity index (χ0n) is 43.9. The van der Waals surface area contributed by atoms with E-state index in [0.717, 1.165) is 48.6 Å². The van der Waals surface area contributed by atoms with Crippen LogP contribution in [0.5, 0.6) is 0 Å². The van der Waals surface area contributed by atoms with Gasteiger partial charge in [-0.3, -0.25) is 14.4 Å². The van der Waals surface area contributed by atoms with Crippen LogP contribution >= 0.6 is 0 Å². The molecule has 9 N–H and O–H groups in total. The molecule has 1 aliphatic heterocycles. The standard InChI is InChI=1S/C60H80N4O10/c1-32-9-10-35-11-12-40-33(2)22-50(69)58(5,72)55-37(8-6-7-36(23-42(40)41(35)21-32)43-31-74-56(71)51(43)38-14-18-61-27-38)25-60(73)52-44(13-16-59(55,60)17-20-64-28-39-15-19-62-46(39)29-64)57(4)26-49(68)48(67)24-45(57)54(70)53(52)63-47(30-65)34(3)66/h11,14-15,18-19,27-29,32-33,36-37,40-45,47-51,55,61-63,65,67-69,72-73H,8-10,12-13,16-17,20-26,30-31H2,1-5H3/t32-,33+,36-,37-,40-,41+,42+,43+,44-,45-,47-,48+,49-,50+,51+,55+,57+,58-,59-,60+/m0/s1. The fraction of sp³-hybridized carbons (Fsp3) is 0.683. The van der Waals surface area contributed by atoms with E-state index in [1.807, 2.05) is 43.8 Å². The number of aryl methyl sites for hydroxylation is 1. The third-order valence-corrected chi connectivity index (χ3v) is 21.5. The summed E-state index contributed by atoms with van der Waals surface area (Å²) in [7, 11) is 0. The van der Waals surface area contributed by atoms with Crippen molar-refractivity contribution >= 4 is 28.4 Å². The van der Waals surface area contributed by atoms with E-state index >= 15 is 4.79 Å². The van der Waals surface area contributed by atoms with Gasteiger partial charge in [0.25, 0.3) is 0 Å². The molecule has 14 nitrogen and oxygen atoms in total. The van der Waals surface area contributed by atoms with Gasteiger partial charge in [-0.25, -0.2) is 0 Å². The number of ketones is 2. The molecular formula is C60H80N4O10. The number of aromatic amines is 2. The van der Waals surface area contributed by atoms with Gasteiger partial charge in [-0.15, -0.1) is 5.92 Å². The van der Waals surface area contributed by atoms with Gasteiger partial charge >= 0.3 is 5.97 Å². The number of aliphatic hydroxyl groups excluding tert-OH is 4. The summed E-state index contributed by atoms with van der Waals surface area (Å²) in [4.78, 5) is 48.9. The molecule has 3 aromatic heterocycles. The topological polar surface area (TPSA) is 230 Å². The third-order valence-electron chi connectivity index (χ3n) is 21.5. The van der Waals surface area contributed by atoms with E-state index in [-0.39, 0.29) is 85.1 Å². The number of aliphatic hydroxyl groups is 6. The van der Waals surface area contributed by atoms with E-state index in [9.17, 15) is 40.2 Å². The van der Waals surface area contributed by atoms with E-state index in [2.05, 4.69) is 57.8 Å². The quantitative estimate of drug-likeness (QED) is 0.0641. The Balaban J connectivity index is 1.09. The Morgan fingerprint density at radius 2 is 1.78 bits per heavy atom. The summed E-state index contributed by atoms with van der Waals surface area (Å²) in [5, 5.41) is 78.8. The minimum atomic E-state index is -1.82. The summed E-state index contributed by atoms with van der Waals surface area (Å²) in [6, 6.07) is 2.80. The normalized spacial score (nSPS) is 43.6. The van der Waals surface area contributed by atoms with Gasteiger partial charge in [-0.05, 0) is 161 Å². The second-order valence-electron chi connectivity index (χ2n) is 25.5. The van der Waals surface area contributed by atoms with Crippen molar-refractivity contribution in [3.8, 4) is 11.8 Å². The average molecular weight is 1020 g/mol. The van der Waals surface area contributed by atoms with Crippen LogP contribution in [0.3, 0.4) is 0 Å². The van der Waals surface area contributed by atoms with Crippen LogP contribution in [-0.4, -0.2) is 111 Å². The predicted octanol–water partition coefficient (Wildman–Crippen LogP) is 6.47. The number of hydrogen-bond donors (Lipinski definition) is 9. The smallest absolute Gasteiger partial charge is 0.313 e. The minimum Gasteiger partial charge on any atom is -0.465 e. The van der Waals surface area contributed by atoms with E-state index in [4.69, 9.17) is 4.74 Å². The lowest BCUT2D eigenvalue weighted by atomic mass is 9.44. The van der Waals surface area contributed by atoms with Crippen molar-refractivity contribution in [1.82, 2.24) is 19.9 Å². The van der Waals surface area contributed by atoms with Crippen molar-refractivity contribution in [3.63, 3.8) is 0 Å². The Hall–Kier alpha value is -4.49. The highest BCUT2D eigenvalue weighted by Gasteiger charge is 2.74. The minimum absolute atomic E-state index is 0.00205. The van der Waals surface area contributed by atoms with Crippen molar-refractivity contribution in [2.45, 2.75) is 166 Å². The predicted molar refractivity (Wildman–Crippen MR) is 277 cm³/mol. The van der Waals surface area contributed by atoms with E-state index in [1.165, 1.54) is 12.5 Å². The summed E-state index contributed by atoms with van der Waals surface area (Å²) < 4.78 is 8.05. The van der Waals surface area contributed by atoms with Gasteiger partial charge < -0.3 is 55.2 Å². The molecule has 74 heavy (non-hydrogen) atoms. The number of rotatable bonds is 9. The molecule has 0 bridgehead atoms. The highest BCUT2D eigenvalue weighted by atomic mass is 16.5. The molecule has 20 atom stereocenters. The van der Waals surface area contributed by atoms with Gasteiger partial charge in [0.15, 0.2) is 11.6 Å². The molecule has 7 aliphatic carbocycles. The highest BCUT2D eigenvalue weighted by Crippen LogP contribution is 2.72. The Bertz CT molecular complexity index is 2730. The second-order valence-corrected chi connectivity index (χ2v) is 25.5. The number of ether oxygens (including phenoxy) is 1. The van der Waals surface area contributed by atoms with Crippen molar-refractivity contribution in [2.75, 3.05) is 13.2 Å². The Labute approximate surface area is 435 Å². The summed E-state index contributed by atoms with van der Waals surface area (Å²) in [5.74, 6) is 4.33. The average Bonchev–Trinajstić information content (AvgIpc) is 4.26. The molecule has 11 rings (SSSR count). The number of nitrogens with zero attached hydrogens (tertiary/aromatic N) is 1. The number of esters is 1. The Morgan fingerprint density at radius 1 is 0.973 bits per heavy atom. The fourth-order valence-corrected chi connectivity index (χ4v) is 17.8. The van der Waals surface area contributed by atoms with Crippen LogP contribution in [0.4, 0.5) is 0 Å². The molecule has 0 radical (unpaired) electrons. The second kappa shape index (κ2) is 19.2. The lowest BCUT2D eigenvalue weighted by molar-refractivity contribution is -0.191. The van der Waals surface area contributed by atoms with E-state index in [0.29, 0.717) is 49.6 Å². The van der Waals surface area contributed by atoms with Crippen LogP contribution in [0.1, 0.15) is 130 Å². The van der Waals surface area contributed by atoms with Crippen molar-refractivity contribution < 1.29 is 49.8 Å². The molecule has 0 spiro atoms. The first-order valence-corrected chi connectivity index (χ1v) is 28.0. The Kier molecular flexibility index (Phi) is 13.4. The number of Topliss-reactive ketones (excluding diaryl/α,β-unsaturated/α-hetero) is 2. The number of carbonyl (C=O) groups excluding carboxylic acids is 3. The number of fused-ring (bicyclic) bond motifs is 11. The number of carbonyl (C=O) groups is 3. The number of cyclic esters (lactones) is 1. The maximum atomic E-state index is 15.4. The molecule has 4 saturated carbocycles. The van der Waals surface area contributed by atoms with Crippen LogP contribution in [0.25, 0.3) is 10.9 Å². The molecule has 0 unspecified atom stereocenters. The van der Waals surface area contributed by atoms with Crippen molar-refractivity contribution in [3.05, 3.63) is 71.6 Å². The van der Waals surface area contributed by atoms with E-state index in [1.54, 1.807) is 6.92 Å². The van der Waals surface area contributed by atoms with Crippen molar-refractivity contribution in [2.24, 2.45) is 75.9 Å². The third kappa shape index (κ3) is 8.23. The summed E-state index contributed by atoms with van der Waals surface area (Å²) in [6.07, 6.45) is 15.6. The van der Waals surface area contributed by atoms with Crippen LogP contribution in [0.2, 0.25) is 0 Å². The molecule has 5 fully saturated rings. The molecule has 0 aromatic carbocycles. The maximum Gasteiger partial charge on any atom is 0.313 e. The first kappa shape index (κ1) is 51.6. The summed E-state index contributed by atoms with van der Waals surface area (Å²) in [6.45, 7) is 9.75. The van der Waals surface area contributed by atoms with Crippen LogP contribution in [-0.2, 0) is 25.7 Å². The molecule has 400 valence electrons. The molecule has 8 aliphatic rings. The number of H-pyrrole nitrogens is 2. The largest absolute Gasteiger partial charge is 0.465 e. The fourth-order valence-electron chi connectivity index (χ4n) is 17.8. The SMILES string of the molecule is CC(=O)[C@H](CO)NC1=C2[C@H](CC[C@]3(CCn4cc5cc[nH]c5c4)[C@@H]4[C@@H](CC#C[C@H]([C@H]5COC(=O)[C@@H]5c5cc[nH]c5)C[C@@H]5[C@@H](CC=C6CC[C@H](C)C[C@H]65)[C@H](C)C[C@@H](O)[C@]4(C)O)C[C@@]23O)[C@@]2(C)C[C@H](O)[C@H](O)C[C@H]2C1=O. The molecule has 0 amide bonds. The Morgan fingerprint density at radius 3 is 2.53 bits per heavy atom. The molecule has 14 heteroatoms. The monoisotopic (exact) mass is 1020 g/mol. The molecular weight excluding hydrogens is 937 g/mol. The number of hydrogen-bond acceptors (Lipinski definition) is 11. The van der Waals surface area contributed by atoms with Crippen LogP contribution in [0, 0.1) is 87.8 Å². The summed E-state index contributed by atoms with van der Waals surface area (Å²) >= 11 is 0. The van der Waals surface area contributed by atoms with E-state index < -0.39 is 82.6 Å². The zero-order valence-corrected chi connectivity index (χ0v) is 43.9. The van der Waals surface area contributed by atoms with Gasteiger partial charge in [0.05, 0.1) is 59.9 Å². The first-order valence-electron chi connectivity index (χ1n) is 28.0. The van der Waals surface area contributed by atoms with Gasteiger partial charge in [0, 0.05) is 78.4 Å².